The fourth-order valence-corrected chi connectivity index (χ4v) is 4.79. The predicted octanol–water partition coefficient (Wildman–Crippen LogP) is 6.27. The predicted molar refractivity (Wildman–Crippen MR) is 128 cm³/mol. The summed E-state index contributed by atoms with van der Waals surface area (Å²) in [5.41, 5.74) is 2.61. The molecule has 0 unspecified atom stereocenters. The Hall–Kier alpha value is -3.28. The van der Waals surface area contributed by atoms with E-state index >= 15 is 0 Å². The normalized spacial score (nSPS) is 11.1. The minimum atomic E-state index is -0.0221. The number of carbonyl (C=O) groups excluding carboxylic acids is 1. The summed E-state index contributed by atoms with van der Waals surface area (Å²) in [6.07, 6.45) is 2.02. The van der Waals surface area contributed by atoms with Crippen LogP contribution in [0.25, 0.3) is 21.0 Å². The van der Waals surface area contributed by atoms with Crippen LogP contribution in [0.15, 0.2) is 85.1 Å². The van der Waals surface area contributed by atoms with Crippen LogP contribution < -0.4 is 4.90 Å². The number of thiazole rings is 1. The van der Waals surface area contributed by atoms with E-state index in [-0.39, 0.29) is 12.3 Å². The van der Waals surface area contributed by atoms with Gasteiger partial charge in [-0.1, -0.05) is 71.5 Å². The van der Waals surface area contributed by atoms with Crippen LogP contribution in [-0.2, 0) is 17.8 Å². The lowest BCUT2D eigenvalue weighted by Crippen LogP contribution is -2.32. The first kappa shape index (κ1) is 19.7. The number of fused-ring (bicyclic) bond motifs is 2. The summed E-state index contributed by atoms with van der Waals surface area (Å²) >= 11 is 7.61. The average molecular weight is 444 g/mol. The van der Waals surface area contributed by atoms with Gasteiger partial charge >= 0.3 is 0 Å². The standard InChI is InChI=1S/C25H18ClN3OS/c26-20-10-11-22-23(15-20)31-25(28-22)29(16-21-7-3-4-12-27-21)24(30)14-17-8-9-18-5-1-2-6-19(18)13-17/h1-13,15H,14,16H2. The lowest BCUT2D eigenvalue weighted by molar-refractivity contribution is -0.118. The van der Waals surface area contributed by atoms with Crippen LogP contribution in [0.4, 0.5) is 5.13 Å². The van der Waals surface area contributed by atoms with Crippen LogP contribution >= 0.6 is 22.9 Å². The van der Waals surface area contributed by atoms with Gasteiger partial charge in [0.25, 0.3) is 0 Å². The summed E-state index contributed by atoms with van der Waals surface area (Å²) in [5, 5.41) is 3.58. The van der Waals surface area contributed by atoms with Gasteiger partial charge in [0.05, 0.1) is 28.9 Å². The number of carbonyl (C=O) groups is 1. The highest BCUT2D eigenvalue weighted by atomic mass is 35.5. The van der Waals surface area contributed by atoms with E-state index in [4.69, 9.17) is 16.6 Å². The molecule has 0 atom stereocenters. The van der Waals surface area contributed by atoms with Crippen LogP contribution in [-0.4, -0.2) is 15.9 Å². The average Bonchev–Trinajstić information content (AvgIpc) is 3.20. The van der Waals surface area contributed by atoms with E-state index in [1.54, 1.807) is 11.1 Å². The molecule has 3 aromatic carbocycles. The molecule has 0 saturated carbocycles. The fourth-order valence-electron chi connectivity index (χ4n) is 3.54. The summed E-state index contributed by atoms with van der Waals surface area (Å²) in [6, 6.07) is 25.6. The van der Waals surface area contributed by atoms with Crippen molar-refractivity contribution in [3.8, 4) is 0 Å². The van der Waals surface area contributed by atoms with Crippen molar-refractivity contribution in [1.29, 1.82) is 0 Å². The molecular formula is C25H18ClN3OS. The second kappa shape index (κ2) is 8.46. The van der Waals surface area contributed by atoms with Crippen LogP contribution in [0.2, 0.25) is 5.02 Å². The maximum absolute atomic E-state index is 13.4. The van der Waals surface area contributed by atoms with Crippen molar-refractivity contribution < 1.29 is 4.79 Å². The third-order valence-corrected chi connectivity index (χ3v) is 6.36. The molecule has 152 valence electrons. The summed E-state index contributed by atoms with van der Waals surface area (Å²) in [4.78, 5) is 24.3. The molecule has 31 heavy (non-hydrogen) atoms. The SMILES string of the molecule is O=C(Cc1ccc2ccccc2c1)N(Cc1ccccn1)c1nc2ccc(Cl)cc2s1. The maximum atomic E-state index is 13.4. The molecule has 5 rings (SSSR count). The molecule has 0 N–H and O–H groups in total. The minimum absolute atomic E-state index is 0.0221. The molecule has 0 radical (unpaired) electrons. The van der Waals surface area contributed by atoms with Gasteiger partial charge in [-0.15, -0.1) is 0 Å². The quantitative estimate of drug-likeness (QED) is 0.321. The molecule has 2 aromatic heterocycles. The van der Waals surface area contributed by atoms with Crippen molar-refractivity contribution in [2.45, 2.75) is 13.0 Å². The molecule has 0 fully saturated rings. The molecule has 6 heteroatoms. The third kappa shape index (κ3) is 4.29. The molecule has 0 spiro atoms. The summed E-state index contributed by atoms with van der Waals surface area (Å²) in [6.45, 7) is 0.362. The first-order valence-electron chi connectivity index (χ1n) is 9.90. The van der Waals surface area contributed by atoms with Crippen molar-refractivity contribution in [1.82, 2.24) is 9.97 Å². The third-order valence-electron chi connectivity index (χ3n) is 5.09. The van der Waals surface area contributed by atoms with Gasteiger partial charge in [0.2, 0.25) is 5.91 Å². The Morgan fingerprint density at radius 3 is 2.61 bits per heavy atom. The Bertz CT molecular complexity index is 1380. The Kier molecular flexibility index (Phi) is 5.37. The van der Waals surface area contributed by atoms with E-state index in [0.717, 1.165) is 32.2 Å². The Morgan fingerprint density at radius 1 is 0.935 bits per heavy atom. The molecular weight excluding hydrogens is 426 g/mol. The van der Waals surface area contributed by atoms with Crippen molar-refractivity contribution in [2.24, 2.45) is 0 Å². The Morgan fingerprint density at radius 2 is 1.77 bits per heavy atom. The molecule has 5 aromatic rings. The van der Waals surface area contributed by atoms with Crippen molar-refractivity contribution in [3.63, 3.8) is 0 Å². The first-order valence-corrected chi connectivity index (χ1v) is 11.1. The molecule has 0 aliphatic carbocycles. The zero-order valence-electron chi connectivity index (χ0n) is 16.5. The lowest BCUT2D eigenvalue weighted by atomic mass is 10.0. The van der Waals surface area contributed by atoms with Gasteiger partial charge in [-0.3, -0.25) is 14.7 Å². The topological polar surface area (TPSA) is 46.1 Å². The van der Waals surface area contributed by atoms with E-state index in [0.29, 0.717) is 16.7 Å². The van der Waals surface area contributed by atoms with E-state index in [2.05, 4.69) is 29.2 Å². The van der Waals surface area contributed by atoms with E-state index in [1.807, 2.05) is 54.6 Å². The van der Waals surface area contributed by atoms with E-state index in [9.17, 15) is 4.79 Å². The fraction of sp³-hybridized carbons (Fsp3) is 0.0800. The molecule has 2 heterocycles. The molecule has 0 saturated heterocycles. The van der Waals surface area contributed by atoms with Gasteiger partial charge in [0.1, 0.15) is 0 Å². The van der Waals surface area contributed by atoms with Crippen LogP contribution in [0, 0.1) is 0 Å². The highest BCUT2D eigenvalue weighted by Crippen LogP contribution is 2.32. The largest absolute Gasteiger partial charge is 0.282 e. The number of amides is 1. The van der Waals surface area contributed by atoms with Gasteiger partial charge in [-0.05, 0) is 46.7 Å². The van der Waals surface area contributed by atoms with Gasteiger partial charge in [0, 0.05) is 11.2 Å². The Balaban J connectivity index is 1.49. The maximum Gasteiger partial charge on any atom is 0.233 e. The number of aromatic nitrogens is 2. The molecule has 0 aliphatic rings. The number of nitrogens with zero attached hydrogens (tertiary/aromatic N) is 3. The van der Waals surface area contributed by atoms with E-state index in [1.165, 1.54) is 11.3 Å². The summed E-state index contributed by atoms with van der Waals surface area (Å²) < 4.78 is 0.951. The van der Waals surface area contributed by atoms with Crippen molar-refractivity contribution >= 4 is 55.0 Å². The highest BCUT2D eigenvalue weighted by Gasteiger charge is 2.21. The zero-order chi connectivity index (χ0) is 21.2. The first-order chi connectivity index (χ1) is 15.2. The van der Waals surface area contributed by atoms with E-state index < -0.39 is 0 Å². The number of hydrogen-bond donors (Lipinski definition) is 0. The number of benzene rings is 3. The lowest BCUT2D eigenvalue weighted by Gasteiger charge is -2.19. The second-order valence-electron chi connectivity index (χ2n) is 7.27. The zero-order valence-corrected chi connectivity index (χ0v) is 18.1. The van der Waals surface area contributed by atoms with Crippen molar-refractivity contribution in [3.05, 3.63) is 101 Å². The van der Waals surface area contributed by atoms with Gasteiger partial charge in [-0.25, -0.2) is 4.98 Å². The van der Waals surface area contributed by atoms with Gasteiger partial charge in [-0.2, -0.15) is 0 Å². The van der Waals surface area contributed by atoms with Crippen LogP contribution in [0.3, 0.4) is 0 Å². The molecule has 4 nitrogen and oxygen atoms in total. The number of hydrogen-bond acceptors (Lipinski definition) is 4. The highest BCUT2D eigenvalue weighted by molar-refractivity contribution is 7.22. The molecule has 1 amide bonds. The number of halogens is 1. The van der Waals surface area contributed by atoms with Gasteiger partial charge < -0.3 is 0 Å². The summed E-state index contributed by atoms with van der Waals surface area (Å²) in [5.74, 6) is -0.0221. The summed E-state index contributed by atoms with van der Waals surface area (Å²) in [7, 11) is 0. The van der Waals surface area contributed by atoms with Crippen LogP contribution in [0.1, 0.15) is 11.3 Å². The second-order valence-corrected chi connectivity index (χ2v) is 8.71. The van der Waals surface area contributed by atoms with Crippen LogP contribution in [0.5, 0.6) is 0 Å². The molecule has 0 aliphatic heterocycles. The monoisotopic (exact) mass is 443 g/mol. The minimum Gasteiger partial charge on any atom is -0.282 e. The Labute approximate surface area is 188 Å². The number of pyridine rings is 1. The molecule has 0 bridgehead atoms. The smallest absolute Gasteiger partial charge is 0.233 e. The van der Waals surface area contributed by atoms with Gasteiger partial charge in [0.15, 0.2) is 5.13 Å². The van der Waals surface area contributed by atoms with Crippen molar-refractivity contribution in [2.75, 3.05) is 4.90 Å². The number of rotatable bonds is 5. The number of anilines is 1.